The Morgan fingerprint density at radius 1 is 1.05 bits per heavy atom. The van der Waals surface area contributed by atoms with Crippen molar-refractivity contribution in [2.24, 2.45) is 5.92 Å². The van der Waals surface area contributed by atoms with Gasteiger partial charge in [0.05, 0.1) is 35.5 Å². The molecule has 0 radical (unpaired) electrons. The van der Waals surface area contributed by atoms with E-state index in [1.54, 1.807) is 7.11 Å². The van der Waals surface area contributed by atoms with Crippen molar-refractivity contribution in [3.8, 4) is 11.4 Å². The number of ether oxygens (including phenoxy) is 1. The van der Waals surface area contributed by atoms with E-state index in [-0.39, 0.29) is 11.8 Å². The first-order valence-corrected chi connectivity index (χ1v) is 13.0. The summed E-state index contributed by atoms with van der Waals surface area (Å²) in [6.07, 6.45) is 2.79. The average Bonchev–Trinajstić information content (AvgIpc) is 3.30. The van der Waals surface area contributed by atoms with E-state index in [9.17, 15) is 4.79 Å². The number of amides is 1. The summed E-state index contributed by atoms with van der Waals surface area (Å²) in [5.74, 6) is 1.52. The highest BCUT2D eigenvalue weighted by Crippen LogP contribution is 2.32. The lowest BCUT2D eigenvalue weighted by Gasteiger charge is -2.32. The van der Waals surface area contributed by atoms with Gasteiger partial charge in [-0.2, -0.15) is 10.2 Å². The number of rotatable bonds is 7. The van der Waals surface area contributed by atoms with Gasteiger partial charge in [-0.05, 0) is 68.5 Å². The third-order valence-corrected chi connectivity index (χ3v) is 7.29. The van der Waals surface area contributed by atoms with Crippen LogP contribution in [0.5, 0.6) is 5.75 Å². The smallest absolute Gasteiger partial charge is 0.225 e. The van der Waals surface area contributed by atoms with Gasteiger partial charge in [0, 0.05) is 19.6 Å². The fourth-order valence-corrected chi connectivity index (χ4v) is 5.11. The number of carbonyl (C=O) groups excluding carboxylic acids is 1. The first-order chi connectivity index (χ1) is 18.0. The Kier molecular flexibility index (Phi) is 7.08. The van der Waals surface area contributed by atoms with Crippen LogP contribution in [0, 0.1) is 19.8 Å². The summed E-state index contributed by atoms with van der Waals surface area (Å²) in [6.45, 7) is 8.12. The molecule has 0 unspecified atom stereocenters. The Balaban J connectivity index is 1.36. The Bertz CT molecular complexity index is 1390. The molecule has 2 aromatic heterocycles. The second kappa shape index (κ2) is 10.6. The number of hydrogen-bond acceptors (Lipinski definition) is 6. The molecule has 0 saturated carbocycles. The molecular formula is C29H34N6O2. The quantitative estimate of drug-likeness (QED) is 0.403. The molecule has 3 heterocycles. The maximum atomic E-state index is 13.1. The maximum absolute atomic E-state index is 13.1. The lowest BCUT2D eigenvalue weighted by Crippen LogP contribution is -2.43. The van der Waals surface area contributed by atoms with Gasteiger partial charge in [0.1, 0.15) is 11.3 Å². The molecule has 1 saturated heterocycles. The molecule has 192 valence electrons. The first kappa shape index (κ1) is 24.7. The van der Waals surface area contributed by atoms with Crippen molar-refractivity contribution in [3.05, 3.63) is 71.0 Å². The number of anilines is 1. The molecule has 8 nitrogen and oxygen atoms in total. The van der Waals surface area contributed by atoms with Crippen LogP contribution >= 0.6 is 0 Å². The highest BCUT2D eigenvalue weighted by Gasteiger charge is 2.29. The van der Waals surface area contributed by atoms with Crippen LogP contribution in [0.1, 0.15) is 42.3 Å². The number of benzene rings is 2. The molecule has 0 spiro atoms. The van der Waals surface area contributed by atoms with Crippen molar-refractivity contribution in [2.45, 2.75) is 46.6 Å². The maximum Gasteiger partial charge on any atom is 0.225 e. The lowest BCUT2D eigenvalue weighted by atomic mass is 9.96. The second-order valence-corrected chi connectivity index (χ2v) is 9.70. The summed E-state index contributed by atoms with van der Waals surface area (Å²) in [5.41, 5.74) is 6.03. The van der Waals surface area contributed by atoms with Gasteiger partial charge in [-0.1, -0.05) is 31.2 Å². The first-order valence-electron chi connectivity index (χ1n) is 13.0. The molecule has 0 bridgehead atoms. The molecule has 8 heteroatoms. The van der Waals surface area contributed by atoms with E-state index in [2.05, 4.69) is 58.5 Å². The monoisotopic (exact) mass is 498 g/mol. The van der Waals surface area contributed by atoms with Crippen LogP contribution in [0.3, 0.4) is 0 Å². The van der Waals surface area contributed by atoms with Crippen molar-refractivity contribution >= 4 is 22.6 Å². The number of nitrogens with one attached hydrogen (secondary N) is 1. The molecule has 1 atom stereocenters. The van der Waals surface area contributed by atoms with Gasteiger partial charge in [-0.25, -0.2) is 4.68 Å². The third-order valence-electron chi connectivity index (χ3n) is 7.29. The zero-order valence-corrected chi connectivity index (χ0v) is 22.0. The van der Waals surface area contributed by atoms with Gasteiger partial charge in [0.15, 0.2) is 5.82 Å². The Hall–Kier alpha value is -3.94. The van der Waals surface area contributed by atoms with Gasteiger partial charge in [0.25, 0.3) is 0 Å². The van der Waals surface area contributed by atoms with Crippen molar-refractivity contribution in [1.29, 1.82) is 0 Å². The van der Waals surface area contributed by atoms with Crippen LogP contribution in [0.25, 0.3) is 16.6 Å². The molecule has 2 aromatic carbocycles. The molecule has 1 fully saturated rings. The zero-order valence-electron chi connectivity index (χ0n) is 22.0. The fraction of sp³-hybridized carbons (Fsp3) is 0.379. The topological polar surface area (TPSA) is 85.2 Å². The summed E-state index contributed by atoms with van der Waals surface area (Å²) in [7, 11) is 1.66. The third kappa shape index (κ3) is 5.01. The Labute approximate surface area is 217 Å². The summed E-state index contributed by atoms with van der Waals surface area (Å²) >= 11 is 0. The predicted molar refractivity (Wildman–Crippen MR) is 145 cm³/mol. The van der Waals surface area contributed by atoms with Gasteiger partial charge in [-0.15, -0.1) is 5.10 Å². The number of fused-ring (bicyclic) bond motifs is 1. The predicted octanol–water partition coefficient (Wildman–Crippen LogP) is 4.54. The van der Waals surface area contributed by atoms with Gasteiger partial charge in [-0.3, -0.25) is 4.79 Å². The van der Waals surface area contributed by atoms with Crippen molar-refractivity contribution in [1.82, 2.24) is 25.3 Å². The summed E-state index contributed by atoms with van der Waals surface area (Å²) in [5, 5.41) is 18.1. The van der Waals surface area contributed by atoms with E-state index in [0.717, 1.165) is 70.9 Å². The van der Waals surface area contributed by atoms with Gasteiger partial charge < -0.3 is 15.0 Å². The van der Waals surface area contributed by atoms with E-state index < -0.39 is 0 Å². The number of carbonyl (C=O) groups is 1. The van der Waals surface area contributed by atoms with Crippen LogP contribution in [0.2, 0.25) is 0 Å². The highest BCUT2D eigenvalue weighted by molar-refractivity contribution is 5.92. The molecule has 1 amide bonds. The van der Waals surface area contributed by atoms with Gasteiger partial charge >= 0.3 is 0 Å². The summed E-state index contributed by atoms with van der Waals surface area (Å²) in [4.78, 5) is 15.3. The minimum atomic E-state index is -0.105. The van der Waals surface area contributed by atoms with Crippen LogP contribution < -0.4 is 15.0 Å². The number of methoxy groups -OCH3 is 1. The minimum Gasteiger partial charge on any atom is -0.497 e. The van der Waals surface area contributed by atoms with Crippen LogP contribution in [-0.4, -0.2) is 46.1 Å². The van der Waals surface area contributed by atoms with E-state index in [1.807, 2.05) is 35.9 Å². The molecule has 0 aliphatic carbocycles. The molecule has 1 aliphatic heterocycles. The highest BCUT2D eigenvalue weighted by atomic mass is 16.5. The molecular weight excluding hydrogens is 464 g/mol. The molecule has 4 aromatic rings. The van der Waals surface area contributed by atoms with E-state index >= 15 is 0 Å². The van der Waals surface area contributed by atoms with Crippen LogP contribution in [-0.2, 0) is 17.8 Å². The normalized spacial score (nSPS) is 15.7. The Morgan fingerprint density at radius 3 is 2.49 bits per heavy atom. The Morgan fingerprint density at radius 2 is 1.78 bits per heavy atom. The van der Waals surface area contributed by atoms with E-state index in [4.69, 9.17) is 9.84 Å². The van der Waals surface area contributed by atoms with Crippen LogP contribution in [0.4, 0.5) is 5.82 Å². The van der Waals surface area contributed by atoms with E-state index in [0.29, 0.717) is 13.1 Å². The number of piperidine rings is 1. The fourth-order valence-electron chi connectivity index (χ4n) is 5.11. The van der Waals surface area contributed by atoms with Crippen LogP contribution in [0.15, 0.2) is 48.5 Å². The number of aromatic nitrogens is 4. The summed E-state index contributed by atoms with van der Waals surface area (Å²) in [6, 6.07) is 16.3. The number of nitrogens with zero attached hydrogens (tertiary/aromatic N) is 5. The van der Waals surface area contributed by atoms with Crippen molar-refractivity contribution in [3.63, 3.8) is 0 Å². The number of hydrogen-bond donors (Lipinski definition) is 1. The largest absolute Gasteiger partial charge is 0.497 e. The van der Waals surface area contributed by atoms with Crippen molar-refractivity contribution in [2.75, 3.05) is 25.1 Å². The standard InChI is InChI=1S/C29H34N6O2/c1-5-21-8-10-22(11-9-21)17-30-29(36)23-7-6-16-34(18-23)28-27-26(19(2)31-32-28)20(3)35(33-27)24-12-14-25(37-4)15-13-24/h8-15,23H,5-7,16-18H2,1-4H3,(H,30,36)/t23-/m0/s1. The van der Waals surface area contributed by atoms with Gasteiger partial charge in [0.2, 0.25) is 5.91 Å². The lowest BCUT2D eigenvalue weighted by molar-refractivity contribution is -0.125. The summed E-state index contributed by atoms with van der Waals surface area (Å²) < 4.78 is 7.24. The zero-order chi connectivity index (χ0) is 25.9. The van der Waals surface area contributed by atoms with Crippen molar-refractivity contribution < 1.29 is 9.53 Å². The molecule has 1 aliphatic rings. The number of aryl methyl sites for hydroxylation is 3. The average molecular weight is 499 g/mol. The second-order valence-electron chi connectivity index (χ2n) is 9.70. The molecule has 37 heavy (non-hydrogen) atoms. The molecule has 5 rings (SSSR count). The molecule has 1 N–H and O–H groups in total. The van der Waals surface area contributed by atoms with E-state index in [1.165, 1.54) is 5.56 Å². The SMILES string of the molecule is CCc1ccc(CNC(=O)[C@H]2CCCN(c3nnc(C)c4c(C)n(-c5ccc(OC)cc5)nc34)C2)cc1. The minimum absolute atomic E-state index is 0.0838.